The summed E-state index contributed by atoms with van der Waals surface area (Å²) in [6.45, 7) is 4.11. The molecule has 33 heavy (non-hydrogen) atoms. The predicted octanol–water partition coefficient (Wildman–Crippen LogP) is 4.09. The number of esters is 1. The molecule has 6 nitrogen and oxygen atoms in total. The summed E-state index contributed by atoms with van der Waals surface area (Å²) in [5, 5.41) is 0. The van der Waals surface area contributed by atoms with Crippen molar-refractivity contribution in [3.05, 3.63) is 100 Å². The van der Waals surface area contributed by atoms with Crippen LogP contribution in [0.5, 0.6) is 0 Å². The molecular formula is C26H25NO5S. The zero-order chi connectivity index (χ0) is 23.6. The van der Waals surface area contributed by atoms with E-state index in [9.17, 15) is 18.0 Å². The van der Waals surface area contributed by atoms with E-state index in [1.807, 2.05) is 44.2 Å². The van der Waals surface area contributed by atoms with E-state index < -0.39 is 22.6 Å². The molecule has 3 aromatic rings. The van der Waals surface area contributed by atoms with Gasteiger partial charge in [0.05, 0.1) is 10.5 Å². The van der Waals surface area contributed by atoms with Gasteiger partial charge in [-0.25, -0.2) is 13.2 Å². The van der Waals surface area contributed by atoms with Crippen LogP contribution in [0.4, 0.5) is 0 Å². The van der Waals surface area contributed by atoms with Gasteiger partial charge in [-0.15, -0.1) is 0 Å². The smallest absolute Gasteiger partial charge is 0.338 e. The van der Waals surface area contributed by atoms with Crippen LogP contribution in [-0.4, -0.2) is 37.6 Å². The Labute approximate surface area is 193 Å². The van der Waals surface area contributed by atoms with Crippen molar-refractivity contribution in [2.45, 2.75) is 31.7 Å². The summed E-state index contributed by atoms with van der Waals surface area (Å²) in [4.78, 5) is 25.0. The molecule has 0 atom stereocenters. The van der Waals surface area contributed by atoms with Crippen LogP contribution in [0.15, 0.2) is 71.6 Å². The molecule has 1 aliphatic rings. The van der Waals surface area contributed by atoms with Gasteiger partial charge in [-0.2, -0.15) is 4.31 Å². The summed E-state index contributed by atoms with van der Waals surface area (Å²) >= 11 is 0. The number of fused-ring (bicyclic) bond motifs is 1. The average Bonchev–Trinajstić information content (AvgIpc) is 2.83. The highest BCUT2D eigenvalue weighted by molar-refractivity contribution is 7.89. The first kappa shape index (κ1) is 22.9. The highest BCUT2D eigenvalue weighted by Crippen LogP contribution is 2.25. The Bertz CT molecular complexity index is 1330. The number of sulfonamides is 1. The number of nitrogens with zero attached hydrogens (tertiary/aromatic N) is 1. The molecule has 0 unspecified atom stereocenters. The molecular weight excluding hydrogens is 438 g/mol. The third kappa shape index (κ3) is 4.89. The Hall–Kier alpha value is -3.29. The minimum Gasteiger partial charge on any atom is -0.454 e. The zero-order valence-electron chi connectivity index (χ0n) is 18.6. The lowest BCUT2D eigenvalue weighted by molar-refractivity contribution is 0.0474. The van der Waals surface area contributed by atoms with E-state index >= 15 is 0 Å². The first-order chi connectivity index (χ1) is 15.8. The van der Waals surface area contributed by atoms with Gasteiger partial charge in [0.1, 0.15) is 0 Å². The molecule has 0 aromatic heterocycles. The maximum absolute atomic E-state index is 13.2. The summed E-state index contributed by atoms with van der Waals surface area (Å²) < 4.78 is 33.0. The standard InChI is InChI=1S/C26H25NO5S/c1-18-10-11-21(14-19(18)2)25(28)17-32-26(29)22-8-5-9-24(15-22)33(30,31)27-13-12-20-6-3-4-7-23(20)16-27/h3-11,14-15H,12-13,16-17H2,1-2H3. The molecule has 3 aromatic carbocycles. The average molecular weight is 464 g/mol. The number of ether oxygens (including phenoxy) is 1. The van der Waals surface area contributed by atoms with Gasteiger partial charge in [0.15, 0.2) is 12.4 Å². The van der Waals surface area contributed by atoms with Gasteiger partial charge in [0.25, 0.3) is 0 Å². The number of aryl methyl sites for hydroxylation is 2. The summed E-state index contributed by atoms with van der Waals surface area (Å²) in [5.74, 6) is -1.06. The molecule has 0 radical (unpaired) electrons. The summed E-state index contributed by atoms with van der Waals surface area (Å²) in [6, 6.07) is 18.8. The lowest BCUT2D eigenvalue weighted by atomic mass is 10.0. The topological polar surface area (TPSA) is 80.8 Å². The SMILES string of the molecule is Cc1ccc(C(=O)COC(=O)c2cccc(S(=O)(=O)N3CCc4ccccc4C3)c2)cc1C. The van der Waals surface area contributed by atoms with Gasteiger partial charge in [-0.3, -0.25) is 4.79 Å². The predicted molar refractivity (Wildman–Crippen MR) is 125 cm³/mol. The number of hydrogen-bond acceptors (Lipinski definition) is 5. The third-order valence-corrected chi connectivity index (χ3v) is 7.81. The van der Waals surface area contributed by atoms with E-state index in [4.69, 9.17) is 4.74 Å². The van der Waals surface area contributed by atoms with E-state index in [2.05, 4.69) is 0 Å². The van der Waals surface area contributed by atoms with Crippen LogP contribution in [-0.2, 0) is 27.7 Å². The molecule has 0 fully saturated rings. The van der Waals surface area contributed by atoms with Crippen molar-refractivity contribution < 1.29 is 22.7 Å². The van der Waals surface area contributed by atoms with E-state index in [0.29, 0.717) is 18.5 Å². The van der Waals surface area contributed by atoms with Crippen LogP contribution in [0.3, 0.4) is 0 Å². The molecule has 0 saturated heterocycles. The fraction of sp³-hybridized carbons (Fsp3) is 0.231. The van der Waals surface area contributed by atoms with Crippen molar-refractivity contribution in [2.24, 2.45) is 0 Å². The number of ketones is 1. The lowest BCUT2D eigenvalue weighted by Crippen LogP contribution is -2.36. The second-order valence-electron chi connectivity index (χ2n) is 8.18. The maximum Gasteiger partial charge on any atom is 0.338 e. The highest BCUT2D eigenvalue weighted by Gasteiger charge is 2.29. The molecule has 4 rings (SSSR count). The van der Waals surface area contributed by atoms with Gasteiger partial charge in [0, 0.05) is 18.7 Å². The quantitative estimate of drug-likeness (QED) is 0.406. The molecule has 170 valence electrons. The van der Waals surface area contributed by atoms with E-state index in [1.165, 1.54) is 28.6 Å². The number of carbonyl (C=O) groups is 2. The number of rotatable bonds is 6. The van der Waals surface area contributed by atoms with Crippen molar-refractivity contribution in [1.29, 1.82) is 0 Å². The van der Waals surface area contributed by atoms with Crippen molar-refractivity contribution in [3.8, 4) is 0 Å². The number of carbonyl (C=O) groups excluding carboxylic acids is 2. The second-order valence-corrected chi connectivity index (χ2v) is 10.1. The fourth-order valence-corrected chi connectivity index (χ4v) is 5.29. The lowest BCUT2D eigenvalue weighted by Gasteiger charge is -2.28. The monoisotopic (exact) mass is 463 g/mol. The van der Waals surface area contributed by atoms with Crippen LogP contribution in [0.25, 0.3) is 0 Å². The first-order valence-electron chi connectivity index (χ1n) is 10.7. The molecule has 0 spiro atoms. The molecule has 0 N–H and O–H groups in total. The maximum atomic E-state index is 13.2. The Morgan fingerprint density at radius 2 is 1.64 bits per heavy atom. The van der Waals surface area contributed by atoms with Crippen LogP contribution < -0.4 is 0 Å². The Balaban J connectivity index is 1.46. The van der Waals surface area contributed by atoms with E-state index in [0.717, 1.165) is 22.3 Å². The minimum atomic E-state index is -3.79. The highest BCUT2D eigenvalue weighted by atomic mass is 32.2. The molecule has 0 saturated carbocycles. The molecule has 0 aliphatic carbocycles. The van der Waals surface area contributed by atoms with E-state index in [-0.39, 0.29) is 22.8 Å². The minimum absolute atomic E-state index is 0.0248. The van der Waals surface area contributed by atoms with Gasteiger partial charge in [0.2, 0.25) is 10.0 Å². The summed E-state index contributed by atoms with van der Waals surface area (Å²) in [7, 11) is -3.79. The fourth-order valence-electron chi connectivity index (χ4n) is 3.82. The van der Waals surface area contributed by atoms with Crippen LogP contribution in [0.1, 0.15) is 43.0 Å². The van der Waals surface area contributed by atoms with Gasteiger partial charge < -0.3 is 4.74 Å². The van der Waals surface area contributed by atoms with Crippen LogP contribution in [0, 0.1) is 13.8 Å². The van der Waals surface area contributed by atoms with Crippen molar-refractivity contribution >= 4 is 21.8 Å². The molecule has 0 bridgehead atoms. The zero-order valence-corrected chi connectivity index (χ0v) is 19.4. The van der Waals surface area contributed by atoms with Gasteiger partial charge in [-0.1, -0.05) is 42.5 Å². The van der Waals surface area contributed by atoms with E-state index in [1.54, 1.807) is 12.1 Å². The number of Topliss-reactive ketones (excluding diaryl/α,β-unsaturated/α-hetero) is 1. The first-order valence-corrected chi connectivity index (χ1v) is 12.1. The van der Waals surface area contributed by atoms with Crippen LogP contribution in [0.2, 0.25) is 0 Å². The Kier molecular flexibility index (Phi) is 6.44. The largest absolute Gasteiger partial charge is 0.454 e. The van der Waals surface area contributed by atoms with Crippen molar-refractivity contribution in [2.75, 3.05) is 13.2 Å². The number of benzene rings is 3. The van der Waals surface area contributed by atoms with Gasteiger partial charge >= 0.3 is 5.97 Å². The molecule has 1 aliphatic heterocycles. The Morgan fingerprint density at radius 3 is 2.39 bits per heavy atom. The Morgan fingerprint density at radius 1 is 0.879 bits per heavy atom. The second kappa shape index (κ2) is 9.29. The van der Waals surface area contributed by atoms with Crippen molar-refractivity contribution in [1.82, 2.24) is 4.31 Å². The molecule has 7 heteroatoms. The van der Waals surface area contributed by atoms with Crippen LogP contribution >= 0.6 is 0 Å². The molecule has 0 amide bonds. The normalized spacial score (nSPS) is 13.9. The summed E-state index contributed by atoms with van der Waals surface area (Å²) in [5.41, 5.74) is 4.72. The van der Waals surface area contributed by atoms with Crippen molar-refractivity contribution in [3.63, 3.8) is 0 Å². The third-order valence-electron chi connectivity index (χ3n) is 5.97. The number of hydrogen-bond donors (Lipinski definition) is 0. The summed E-state index contributed by atoms with van der Waals surface area (Å²) in [6.07, 6.45) is 0.637. The van der Waals surface area contributed by atoms with Gasteiger partial charge in [-0.05, 0) is 66.8 Å². The molecule has 1 heterocycles.